The van der Waals surface area contributed by atoms with Gasteiger partial charge in [0.25, 0.3) is 0 Å². The third-order valence-corrected chi connectivity index (χ3v) is 3.96. The van der Waals surface area contributed by atoms with Crippen molar-refractivity contribution in [1.29, 1.82) is 0 Å². The summed E-state index contributed by atoms with van der Waals surface area (Å²) in [7, 11) is 0. The number of aromatic nitrogens is 1. The van der Waals surface area contributed by atoms with Gasteiger partial charge >= 0.3 is 0 Å². The molecule has 2 aromatic carbocycles. The van der Waals surface area contributed by atoms with Crippen LogP contribution in [0.2, 0.25) is 0 Å². The fraction of sp³-hybridized carbons (Fsp3) is 0.0588. The van der Waals surface area contributed by atoms with Crippen LogP contribution in [-0.4, -0.2) is 4.98 Å². The van der Waals surface area contributed by atoms with Gasteiger partial charge in [-0.2, -0.15) is 0 Å². The number of benzene rings is 2. The third kappa shape index (κ3) is 2.59. The smallest absolute Gasteiger partial charge is 0.124 e. The van der Waals surface area contributed by atoms with Gasteiger partial charge in [-0.25, -0.2) is 4.98 Å². The van der Waals surface area contributed by atoms with E-state index in [4.69, 9.17) is 4.98 Å². The van der Waals surface area contributed by atoms with E-state index in [1.165, 1.54) is 16.7 Å². The lowest BCUT2D eigenvalue weighted by molar-refractivity contribution is 1.38. The van der Waals surface area contributed by atoms with E-state index < -0.39 is 0 Å². The van der Waals surface area contributed by atoms with Gasteiger partial charge in [0.15, 0.2) is 0 Å². The molecule has 19 heavy (non-hydrogen) atoms. The topological polar surface area (TPSA) is 12.9 Å². The highest BCUT2D eigenvalue weighted by molar-refractivity contribution is 7.13. The van der Waals surface area contributed by atoms with Crippen LogP contribution in [0.4, 0.5) is 0 Å². The van der Waals surface area contributed by atoms with E-state index in [0.29, 0.717) is 0 Å². The predicted octanol–water partition coefficient (Wildman–Crippen LogP) is 5.05. The number of hydrogen-bond donors (Lipinski definition) is 0. The summed E-state index contributed by atoms with van der Waals surface area (Å²) in [5, 5.41) is 3.19. The summed E-state index contributed by atoms with van der Waals surface area (Å²) < 4.78 is 0. The van der Waals surface area contributed by atoms with Crippen LogP contribution in [0.25, 0.3) is 21.8 Å². The van der Waals surface area contributed by atoms with E-state index in [1.807, 2.05) is 25.1 Å². The van der Waals surface area contributed by atoms with Crippen molar-refractivity contribution in [3.05, 3.63) is 72.0 Å². The Morgan fingerprint density at radius 3 is 2.32 bits per heavy atom. The second kappa shape index (κ2) is 5.37. The molecule has 1 heterocycles. The molecular formula is C17H14NS. The van der Waals surface area contributed by atoms with Gasteiger partial charge in [0, 0.05) is 16.5 Å². The largest absolute Gasteiger partial charge is 0.236 e. The molecule has 1 aromatic heterocycles. The number of thiazole rings is 1. The summed E-state index contributed by atoms with van der Waals surface area (Å²) in [6, 6.07) is 18.8. The van der Waals surface area contributed by atoms with Crippen molar-refractivity contribution >= 4 is 11.3 Å². The van der Waals surface area contributed by atoms with Crippen LogP contribution in [0, 0.1) is 6.42 Å². The lowest BCUT2D eigenvalue weighted by atomic mass is 10.1. The molecule has 1 nitrogen and oxygen atoms in total. The van der Waals surface area contributed by atoms with E-state index in [9.17, 15) is 0 Å². The number of nitrogens with zero attached hydrogens (tertiary/aromatic N) is 1. The zero-order valence-electron chi connectivity index (χ0n) is 10.7. The Labute approximate surface area is 117 Å². The minimum absolute atomic E-state index is 1.05. The summed E-state index contributed by atoms with van der Waals surface area (Å²) in [5.74, 6) is 0. The average Bonchev–Trinajstić information content (AvgIpc) is 2.98. The van der Waals surface area contributed by atoms with Gasteiger partial charge in [-0.3, -0.25) is 0 Å². The Morgan fingerprint density at radius 1 is 0.895 bits per heavy atom. The van der Waals surface area contributed by atoms with Crippen molar-refractivity contribution in [3.8, 4) is 21.8 Å². The highest BCUT2D eigenvalue weighted by atomic mass is 32.1. The maximum atomic E-state index is 4.71. The van der Waals surface area contributed by atoms with Crippen LogP contribution >= 0.6 is 11.3 Å². The average molecular weight is 264 g/mol. The molecule has 0 aliphatic heterocycles. The van der Waals surface area contributed by atoms with Crippen molar-refractivity contribution in [2.75, 3.05) is 0 Å². The maximum Gasteiger partial charge on any atom is 0.124 e. The predicted molar refractivity (Wildman–Crippen MR) is 82.1 cm³/mol. The molecule has 0 aliphatic rings. The van der Waals surface area contributed by atoms with Crippen LogP contribution in [-0.2, 0) is 0 Å². The first-order valence-electron chi connectivity index (χ1n) is 6.27. The van der Waals surface area contributed by atoms with Crippen molar-refractivity contribution in [2.24, 2.45) is 0 Å². The van der Waals surface area contributed by atoms with Crippen molar-refractivity contribution < 1.29 is 0 Å². The van der Waals surface area contributed by atoms with E-state index in [2.05, 4.69) is 48.2 Å². The molecule has 3 rings (SSSR count). The van der Waals surface area contributed by atoms with Crippen LogP contribution < -0.4 is 0 Å². The Balaban J connectivity index is 1.92. The molecule has 1 radical (unpaired) electrons. The first-order chi connectivity index (χ1) is 9.36. The quantitative estimate of drug-likeness (QED) is 0.645. The molecule has 0 spiro atoms. The molecule has 0 saturated heterocycles. The Bertz CT molecular complexity index is 653. The van der Waals surface area contributed by atoms with Gasteiger partial charge < -0.3 is 0 Å². The monoisotopic (exact) mass is 264 g/mol. The number of hydrogen-bond acceptors (Lipinski definition) is 2. The second-order valence-corrected chi connectivity index (χ2v) is 5.17. The molecule has 2 heteroatoms. The van der Waals surface area contributed by atoms with E-state index in [0.717, 1.165) is 10.7 Å². The molecule has 3 aromatic rings. The molecular weight excluding hydrogens is 250 g/mol. The minimum atomic E-state index is 1.05. The first-order valence-corrected chi connectivity index (χ1v) is 7.15. The van der Waals surface area contributed by atoms with Gasteiger partial charge in [0.05, 0.1) is 5.69 Å². The fourth-order valence-electron chi connectivity index (χ4n) is 1.97. The third-order valence-electron chi connectivity index (χ3n) is 3.06. The van der Waals surface area contributed by atoms with Crippen LogP contribution in [0.1, 0.15) is 12.5 Å². The standard InChI is InChI=1S/C17H14NS/c1-2-13-8-10-14(11-9-13)16-12-19-17(18-16)15-6-4-3-5-7-15/h2-12H,1H3. The molecule has 0 aliphatic carbocycles. The van der Waals surface area contributed by atoms with Gasteiger partial charge in [0.1, 0.15) is 5.01 Å². The van der Waals surface area contributed by atoms with Gasteiger partial charge in [-0.15, -0.1) is 11.3 Å². The summed E-state index contributed by atoms with van der Waals surface area (Å²) in [6.45, 7) is 2.05. The first kappa shape index (κ1) is 12.1. The lowest BCUT2D eigenvalue weighted by Crippen LogP contribution is -1.81. The van der Waals surface area contributed by atoms with E-state index >= 15 is 0 Å². The van der Waals surface area contributed by atoms with Crippen LogP contribution in [0.15, 0.2) is 60.0 Å². The zero-order valence-corrected chi connectivity index (χ0v) is 11.5. The van der Waals surface area contributed by atoms with E-state index in [1.54, 1.807) is 11.3 Å². The van der Waals surface area contributed by atoms with Crippen LogP contribution in [0.5, 0.6) is 0 Å². The summed E-state index contributed by atoms with van der Waals surface area (Å²) in [6.07, 6.45) is 2.10. The fourth-order valence-corrected chi connectivity index (χ4v) is 2.80. The van der Waals surface area contributed by atoms with Crippen molar-refractivity contribution in [1.82, 2.24) is 4.98 Å². The van der Waals surface area contributed by atoms with Crippen molar-refractivity contribution in [3.63, 3.8) is 0 Å². The Morgan fingerprint density at radius 2 is 1.63 bits per heavy atom. The van der Waals surface area contributed by atoms with E-state index in [-0.39, 0.29) is 0 Å². The van der Waals surface area contributed by atoms with Crippen LogP contribution in [0.3, 0.4) is 0 Å². The minimum Gasteiger partial charge on any atom is -0.236 e. The molecule has 0 unspecified atom stereocenters. The second-order valence-electron chi connectivity index (χ2n) is 4.31. The lowest BCUT2D eigenvalue weighted by Gasteiger charge is -1.99. The highest BCUT2D eigenvalue weighted by Crippen LogP contribution is 2.28. The highest BCUT2D eigenvalue weighted by Gasteiger charge is 2.06. The summed E-state index contributed by atoms with van der Waals surface area (Å²) in [5.41, 5.74) is 4.63. The molecule has 0 bridgehead atoms. The molecule has 0 amide bonds. The molecule has 0 fully saturated rings. The van der Waals surface area contributed by atoms with Gasteiger partial charge in [-0.05, 0) is 12.0 Å². The normalized spacial score (nSPS) is 10.6. The van der Waals surface area contributed by atoms with Crippen molar-refractivity contribution in [2.45, 2.75) is 6.92 Å². The molecule has 0 atom stereocenters. The summed E-state index contributed by atoms with van der Waals surface area (Å²) in [4.78, 5) is 4.71. The number of rotatable bonds is 3. The van der Waals surface area contributed by atoms with Gasteiger partial charge in [-0.1, -0.05) is 61.5 Å². The zero-order chi connectivity index (χ0) is 13.1. The molecule has 0 saturated carbocycles. The Hall–Kier alpha value is -1.93. The molecule has 93 valence electrons. The SMILES string of the molecule is C[CH]c1ccc(-c2csc(-c3ccccc3)n2)cc1. The maximum absolute atomic E-state index is 4.71. The summed E-state index contributed by atoms with van der Waals surface area (Å²) >= 11 is 1.69. The Kier molecular flexibility index (Phi) is 3.43. The molecule has 0 N–H and O–H groups in total. The van der Waals surface area contributed by atoms with Gasteiger partial charge in [0.2, 0.25) is 0 Å².